The van der Waals surface area contributed by atoms with Crippen LogP contribution in [0.5, 0.6) is 0 Å². The van der Waals surface area contributed by atoms with Gasteiger partial charge in [-0.2, -0.15) is 0 Å². The van der Waals surface area contributed by atoms with Gasteiger partial charge < -0.3 is 14.7 Å². The van der Waals surface area contributed by atoms with E-state index in [2.05, 4.69) is 0 Å². The second-order valence-electron chi connectivity index (χ2n) is 5.07. The molecule has 0 saturated heterocycles. The van der Waals surface area contributed by atoms with E-state index in [1.807, 2.05) is 42.5 Å². The predicted molar refractivity (Wildman–Crippen MR) is 85.4 cm³/mol. The van der Waals surface area contributed by atoms with Gasteiger partial charge in [-0.05, 0) is 23.3 Å². The summed E-state index contributed by atoms with van der Waals surface area (Å²) in [6.45, 7) is 1.27. The van der Waals surface area contributed by atoms with Gasteiger partial charge in [-0.15, -0.1) is 0 Å². The number of hydrogen-bond donors (Lipinski definition) is 1. The molecule has 2 rings (SSSR count). The molecule has 116 valence electrons. The van der Waals surface area contributed by atoms with Crippen molar-refractivity contribution in [2.24, 2.45) is 0 Å². The van der Waals surface area contributed by atoms with E-state index in [0.717, 1.165) is 11.1 Å². The summed E-state index contributed by atoms with van der Waals surface area (Å²) in [5.74, 6) is -0.0816. The Bertz CT molecular complexity index is 581. The van der Waals surface area contributed by atoms with Crippen molar-refractivity contribution >= 4 is 5.91 Å². The third kappa shape index (κ3) is 4.41. The van der Waals surface area contributed by atoms with E-state index < -0.39 is 0 Å². The molecule has 4 nitrogen and oxygen atoms in total. The largest absolute Gasteiger partial charge is 0.395 e. The molecule has 2 aromatic carbocycles. The summed E-state index contributed by atoms with van der Waals surface area (Å²) < 4.78 is 5.06. The first-order chi connectivity index (χ1) is 10.7. The van der Waals surface area contributed by atoms with Crippen molar-refractivity contribution in [2.45, 2.75) is 13.2 Å². The maximum absolute atomic E-state index is 12.6. The number of aliphatic hydroxyl groups excluding tert-OH is 1. The Morgan fingerprint density at radius 3 is 2.32 bits per heavy atom. The lowest BCUT2D eigenvalue weighted by Crippen LogP contribution is -2.33. The molecular weight excluding hydrogens is 278 g/mol. The van der Waals surface area contributed by atoms with Crippen LogP contribution in [0, 0.1) is 0 Å². The van der Waals surface area contributed by atoms with E-state index in [4.69, 9.17) is 4.74 Å². The smallest absolute Gasteiger partial charge is 0.254 e. The Hall–Kier alpha value is -2.17. The molecule has 0 bridgehead atoms. The minimum absolute atomic E-state index is 0.0552. The Balaban J connectivity index is 2.11. The molecule has 2 aromatic rings. The van der Waals surface area contributed by atoms with E-state index in [0.29, 0.717) is 25.3 Å². The highest BCUT2D eigenvalue weighted by Gasteiger charge is 2.15. The molecule has 0 aliphatic heterocycles. The van der Waals surface area contributed by atoms with Gasteiger partial charge in [0, 0.05) is 25.8 Å². The molecule has 0 unspecified atom stereocenters. The first kappa shape index (κ1) is 16.2. The average molecular weight is 299 g/mol. The highest BCUT2D eigenvalue weighted by atomic mass is 16.5. The van der Waals surface area contributed by atoms with Gasteiger partial charge in [-0.25, -0.2) is 0 Å². The zero-order valence-electron chi connectivity index (χ0n) is 12.7. The van der Waals surface area contributed by atoms with Crippen molar-refractivity contribution in [2.75, 3.05) is 20.3 Å². The van der Waals surface area contributed by atoms with Crippen LogP contribution >= 0.6 is 0 Å². The van der Waals surface area contributed by atoms with Crippen LogP contribution in [-0.2, 0) is 17.9 Å². The third-order valence-corrected chi connectivity index (χ3v) is 3.39. The molecular formula is C18H21NO3. The fourth-order valence-electron chi connectivity index (χ4n) is 2.27. The van der Waals surface area contributed by atoms with Crippen molar-refractivity contribution < 1.29 is 14.6 Å². The number of nitrogens with zero attached hydrogens (tertiary/aromatic N) is 1. The Labute approximate surface area is 131 Å². The molecule has 0 saturated carbocycles. The third-order valence-electron chi connectivity index (χ3n) is 3.39. The van der Waals surface area contributed by atoms with Crippen LogP contribution in [-0.4, -0.2) is 36.2 Å². The van der Waals surface area contributed by atoms with E-state index >= 15 is 0 Å². The Morgan fingerprint density at radius 1 is 1.05 bits per heavy atom. The van der Waals surface area contributed by atoms with Crippen molar-refractivity contribution in [3.05, 3.63) is 71.3 Å². The number of carbonyl (C=O) groups excluding carboxylic acids is 1. The van der Waals surface area contributed by atoms with Crippen LogP contribution in [0.1, 0.15) is 21.5 Å². The van der Waals surface area contributed by atoms with Crippen LogP contribution < -0.4 is 0 Å². The zero-order chi connectivity index (χ0) is 15.8. The average Bonchev–Trinajstić information content (AvgIpc) is 2.56. The fourth-order valence-corrected chi connectivity index (χ4v) is 2.27. The van der Waals surface area contributed by atoms with Crippen LogP contribution in [0.15, 0.2) is 54.6 Å². The van der Waals surface area contributed by atoms with Gasteiger partial charge in [-0.1, -0.05) is 42.5 Å². The summed E-state index contributed by atoms with van der Waals surface area (Å²) in [7, 11) is 1.64. The first-order valence-corrected chi connectivity index (χ1v) is 7.26. The summed E-state index contributed by atoms with van der Waals surface area (Å²) in [6.07, 6.45) is 0. The lowest BCUT2D eigenvalue weighted by atomic mass is 10.1. The molecule has 1 amide bonds. The molecule has 4 heteroatoms. The van der Waals surface area contributed by atoms with Crippen LogP contribution in [0.4, 0.5) is 0 Å². The highest BCUT2D eigenvalue weighted by molar-refractivity contribution is 5.94. The quantitative estimate of drug-likeness (QED) is 0.854. The van der Waals surface area contributed by atoms with Crippen LogP contribution in [0.3, 0.4) is 0 Å². The number of methoxy groups -OCH3 is 1. The molecule has 0 atom stereocenters. The van der Waals surface area contributed by atoms with E-state index in [1.165, 1.54) is 0 Å². The fraction of sp³-hybridized carbons (Fsp3) is 0.278. The number of hydrogen-bond acceptors (Lipinski definition) is 3. The van der Waals surface area contributed by atoms with Crippen molar-refractivity contribution in [3.8, 4) is 0 Å². The molecule has 0 aliphatic rings. The second-order valence-corrected chi connectivity index (χ2v) is 5.07. The number of ether oxygens (including phenoxy) is 1. The van der Waals surface area contributed by atoms with Gasteiger partial charge in [0.2, 0.25) is 0 Å². The van der Waals surface area contributed by atoms with Gasteiger partial charge in [0.1, 0.15) is 0 Å². The van der Waals surface area contributed by atoms with Crippen LogP contribution in [0.25, 0.3) is 0 Å². The Morgan fingerprint density at radius 2 is 1.73 bits per heavy atom. The van der Waals surface area contributed by atoms with Gasteiger partial charge in [-0.3, -0.25) is 4.79 Å². The standard InChI is InChI=1S/C18H21NO3/c1-22-14-16-7-9-17(10-8-16)18(21)19(11-12-20)13-15-5-3-2-4-6-15/h2-10,20H,11-14H2,1H3. The first-order valence-electron chi connectivity index (χ1n) is 7.26. The monoisotopic (exact) mass is 299 g/mol. The molecule has 0 fully saturated rings. The number of carbonyl (C=O) groups is 1. The summed E-state index contributed by atoms with van der Waals surface area (Å²) in [5, 5.41) is 9.21. The molecule has 1 N–H and O–H groups in total. The van der Waals surface area contributed by atoms with Gasteiger partial charge in [0.25, 0.3) is 5.91 Å². The molecule has 0 heterocycles. The SMILES string of the molecule is COCc1ccc(C(=O)N(CCO)Cc2ccccc2)cc1. The molecule has 0 aromatic heterocycles. The predicted octanol–water partition coefficient (Wildman–Crippen LogP) is 2.47. The summed E-state index contributed by atoms with van der Waals surface area (Å²) >= 11 is 0. The Kier molecular flexibility index (Phi) is 6.13. The number of rotatable bonds is 7. The van der Waals surface area contributed by atoms with Crippen LogP contribution in [0.2, 0.25) is 0 Å². The highest BCUT2D eigenvalue weighted by Crippen LogP contribution is 2.12. The minimum Gasteiger partial charge on any atom is -0.395 e. The molecule has 0 spiro atoms. The van der Waals surface area contributed by atoms with Crippen molar-refractivity contribution in [1.29, 1.82) is 0 Å². The molecule has 0 aliphatic carbocycles. The number of aliphatic hydroxyl groups is 1. The number of amides is 1. The van der Waals surface area contributed by atoms with E-state index in [1.54, 1.807) is 24.1 Å². The second kappa shape index (κ2) is 8.32. The number of benzene rings is 2. The van der Waals surface area contributed by atoms with Crippen molar-refractivity contribution in [1.82, 2.24) is 4.90 Å². The maximum Gasteiger partial charge on any atom is 0.254 e. The summed E-state index contributed by atoms with van der Waals surface area (Å²) in [5.41, 5.74) is 2.68. The lowest BCUT2D eigenvalue weighted by molar-refractivity contribution is 0.0707. The lowest BCUT2D eigenvalue weighted by Gasteiger charge is -2.22. The van der Waals surface area contributed by atoms with E-state index in [9.17, 15) is 9.90 Å². The van der Waals surface area contributed by atoms with Gasteiger partial charge >= 0.3 is 0 Å². The summed E-state index contributed by atoms with van der Waals surface area (Å²) in [6, 6.07) is 17.1. The zero-order valence-corrected chi connectivity index (χ0v) is 12.7. The van der Waals surface area contributed by atoms with E-state index in [-0.39, 0.29) is 12.5 Å². The normalized spacial score (nSPS) is 10.5. The molecule has 22 heavy (non-hydrogen) atoms. The van der Waals surface area contributed by atoms with Gasteiger partial charge in [0.15, 0.2) is 0 Å². The molecule has 0 radical (unpaired) electrons. The maximum atomic E-state index is 12.6. The topological polar surface area (TPSA) is 49.8 Å². The van der Waals surface area contributed by atoms with Gasteiger partial charge in [0.05, 0.1) is 13.2 Å². The van der Waals surface area contributed by atoms with Crippen molar-refractivity contribution in [3.63, 3.8) is 0 Å². The minimum atomic E-state index is -0.0816. The summed E-state index contributed by atoms with van der Waals surface area (Å²) in [4.78, 5) is 14.2.